The van der Waals surface area contributed by atoms with E-state index in [4.69, 9.17) is 15.0 Å². The number of methoxy groups -OCH3 is 1. The second-order valence-corrected chi connectivity index (χ2v) is 4.16. The topological polar surface area (TPSA) is 18.5 Å². The van der Waals surface area contributed by atoms with Gasteiger partial charge in [0.15, 0.2) is 0 Å². The van der Waals surface area contributed by atoms with Gasteiger partial charge in [-0.1, -0.05) is 12.1 Å². The van der Waals surface area contributed by atoms with Crippen molar-refractivity contribution >= 4 is 0 Å². The minimum atomic E-state index is -2.64. The lowest BCUT2D eigenvalue weighted by Gasteiger charge is -2.25. The number of halogens is 1. The standard InChI is InChI=1S/C13H21FNO2/c1-15(2,11-14)8-9-17-10-12-4-6-13(16-3)7-5-12/h4-7H,8-11H2,1-3H3/q+1/i8D2,9D2,14-1. The lowest BCUT2D eigenvalue weighted by Crippen LogP contribution is -2.41. The van der Waals surface area contributed by atoms with Gasteiger partial charge in [-0.05, 0) is 17.7 Å². The van der Waals surface area contributed by atoms with E-state index in [-0.39, 0.29) is 6.61 Å². The first-order valence-electron chi connectivity index (χ1n) is 7.23. The molecule has 0 saturated heterocycles. The van der Waals surface area contributed by atoms with Gasteiger partial charge >= 0.3 is 0 Å². The molecule has 0 bridgehead atoms. The first-order valence-corrected chi connectivity index (χ1v) is 5.23. The number of quaternary nitrogens is 1. The SMILES string of the molecule is [2H]C([2H])(OCc1ccc(OC)cc1)C([2H])([2H])[N+](C)(C)C[18F]. The van der Waals surface area contributed by atoms with Crippen LogP contribution in [0.1, 0.15) is 11.0 Å². The highest BCUT2D eigenvalue weighted by Crippen LogP contribution is 2.11. The summed E-state index contributed by atoms with van der Waals surface area (Å²) in [7, 11) is 4.08. The lowest BCUT2D eigenvalue weighted by atomic mass is 10.2. The molecule has 0 aliphatic heterocycles. The van der Waals surface area contributed by atoms with Gasteiger partial charge in [0.2, 0.25) is 6.80 Å². The van der Waals surface area contributed by atoms with Crippen molar-refractivity contribution in [1.29, 1.82) is 0 Å². The Morgan fingerprint density at radius 2 is 1.94 bits per heavy atom. The van der Waals surface area contributed by atoms with E-state index >= 15 is 0 Å². The molecule has 0 unspecified atom stereocenters. The second-order valence-electron chi connectivity index (χ2n) is 4.16. The highest BCUT2D eigenvalue weighted by Gasteiger charge is 2.12. The Morgan fingerprint density at radius 1 is 1.29 bits per heavy atom. The summed E-state index contributed by atoms with van der Waals surface area (Å²) in [5.74, 6) is 0.660. The molecule has 0 N–H and O–H groups in total. The van der Waals surface area contributed by atoms with Gasteiger partial charge in [-0.2, -0.15) is 4.39 Å². The van der Waals surface area contributed by atoms with E-state index in [0.29, 0.717) is 11.3 Å². The Labute approximate surface area is 108 Å². The van der Waals surface area contributed by atoms with Crippen LogP contribution in [0.3, 0.4) is 0 Å². The molecule has 0 aliphatic carbocycles. The maximum Gasteiger partial charge on any atom is 0.221 e. The largest absolute Gasteiger partial charge is 0.497 e. The van der Waals surface area contributed by atoms with Crippen LogP contribution in [0.2, 0.25) is 0 Å². The Kier molecular flexibility index (Phi) is 3.43. The van der Waals surface area contributed by atoms with Gasteiger partial charge in [0, 0.05) is 0 Å². The van der Waals surface area contributed by atoms with Crippen molar-refractivity contribution in [1.82, 2.24) is 0 Å². The molecule has 0 radical (unpaired) electrons. The van der Waals surface area contributed by atoms with Crippen LogP contribution in [-0.4, -0.2) is 45.5 Å². The molecule has 0 fully saturated rings. The summed E-state index contributed by atoms with van der Waals surface area (Å²) in [5.41, 5.74) is 0.668. The van der Waals surface area contributed by atoms with Gasteiger partial charge in [-0.3, -0.25) is 0 Å². The zero-order valence-corrected chi connectivity index (χ0v) is 10.4. The Hall–Kier alpha value is -1.13. The third-order valence-corrected chi connectivity index (χ3v) is 2.12. The average Bonchev–Trinajstić information content (AvgIpc) is 2.45. The van der Waals surface area contributed by atoms with Crippen molar-refractivity contribution in [3.05, 3.63) is 29.8 Å². The Bertz CT molecular complexity index is 466. The number of rotatable bonds is 7. The van der Waals surface area contributed by atoms with Crippen molar-refractivity contribution in [2.75, 3.05) is 41.1 Å². The van der Waals surface area contributed by atoms with Crippen LogP contribution in [0.15, 0.2) is 24.3 Å². The number of benzene rings is 1. The molecule has 3 nitrogen and oxygen atoms in total. The van der Waals surface area contributed by atoms with Crippen molar-refractivity contribution < 1.29 is 23.8 Å². The second kappa shape index (κ2) is 6.57. The summed E-state index contributed by atoms with van der Waals surface area (Å²) in [6.45, 7) is -6.34. The molecule has 0 saturated carbocycles. The zero-order valence-electron chi connectivity index (χ0n) is 14.4. The van der Waals surface area contributed by atoms with Crippen LogP contribution in [0.5, 0.6) is 5.75 Å². The molecule has 1 rings (SSSR count). The summed E-state index contributed by atoms with van der Waals surface area (Å²) < 4.78 is 53.5. The van der Waals surface area contributed by atoms with Crippen LogP contribution < -0.4 is 4.74 Å². The van der Waals surface area contributed by atoms with Crippen molar-refractivity contribution in [2.24, 2.45) is 0 Å². The van der Waals surface area contributed by atoms with Gasteiger partial charge < -0.3 is 14.0 Å². The van der Waals surface area contributed by atoms with Crippen LogP contribution in [-0.2, 0) is 11.3 Å². The molecule has 0 spiro atoms. The minimum Gasteiger partial charge on any atom is -0.497 e. The molecule has 1 aromatic carbocycles. The predicted octanol–water partition coefficient (Wildman–Crippen LogP) is 2.22. The number of alkyl halides is 1. The molecular formula is C13H21FNO2+. The molecule has 0 amide bonds. The predicted molar refractivity (Wildman–Crippen MR) is 65.6 cm³/mol. The summed E-state index contributed by atoms with van der Waals surface area (Å²) in [6, 6.07) is 6.79. The molecule has 0 heterocycles. The minimum absolute atomic E-state index is 0.122. The highest BCUT2D eigenvalue weighted by atomic mass is 18.2. The fourth-order valence-corrected chi connectivity index (χ4v) is 1.03. The van der Waals surface area contributed by atoms with E-state index in [9.17, 15) is 4.39 Å². The summed E-state index contributed by atoms with van der Waals surface area (Å²) in [5, 5.41) is 0. The van der Waals surface area contributed by atoms with E-state index in [0.717, 1.165) is 0 Å². The van der Waals surface area contributed by atoms with Crippen molar-refractivity contribution in [3.8, 4) is 5.75 Å². The van der Waals surface area contributed by atoms with E-state index < -0.39 is 24.3 Å². The fraction of sp³-hybridized carbons (Fsp3) is 0.538. The third-order valence-electron chi connectivity index (χ3n) is 2.12. The lowest BCUT2D eigenvalue weighted by molar-refractivity contribution is -0.903. The van der Waals surface area contributed by atoms with E-state index in [1.54, 1.807) is 24.3 Å². The van der Waals surface area contributed by atoms with E-state index in [1.807, 2.05) is 0 Å². The van der Waals surface area contributed by atoms with Gasteiger partial charge in [0.1, 0.15) is 12.2 Å². The van der Waals surface area contributed by atoms with Crippen molar-refractivity contribution in [2.45, 2.75) is 6.61 Å². The maximum absolute atomic E-state index is 12.9. The van der Waals surface area contributed by atoms with Crippen molar-refractivity contribution in [3.63, 3.8) is 0 Å². The maximum atomic E-state index is 12.9. The molecule has 4 heteroatoms. The van der Waals surface area contributed by atoms with Gasteiger partial charge in [-0.25, -0.2) is 0 Å². The molecular weight excluding hydrogens is 220 g/mol. The highest BCUT2D eigenvalue weighted by molar-refractivity contribution is 5.26. The third kappa shape index (κ3) is 5.15. The van der Waals surface area contributed by atoms with Crippen LogP contribution in [0, 0.1) is 0 Å². The van der Waals surface area contributed by atoms with Crippen LogP contribution >= 0.6 is 0 Å². The monoisotopic (exact) mass is 245 g/mol. The fourth-order valence-electron chi connectivity index (χ4n) is 1.03. The molecule has 96 valence electrons. The molecule has 0 atom stereocenters. The molecule has 17 heavy (non-hydrogen) atoms. The summed E-state index contributed by atoms with van der Waals surface area (Å²) >= 11 is 0. The molecule has 0 aliphatic rings. The number of ether oxygens (including phenoxy) is 2. The first-order chi connectivity index (χ1) is 9.57. The van der Waals surface area contributed by atoms with Gasteiger partial charge in [-0.15, -0.1) is 0 Å². The first kappa shape index (κ1) is 8.89. The Morgan fingerprint density at radius 3 is 2.47 bits per heavy atom. The zero-order chi connectivity index (χ0) is 16.3. The molecule has 1 aromatic rings. The Balaban J connectivity index is 2.79. The van der Waals surface area contributed by atoms with Gasteiger partial charge in [0.25, 0.3) is 0 Å². The normalized spacial score (nSPS) is 16.7. The summed E-state index contributed by atoms with van der Waals surface area (Å²) in [6.07, 6.45) is 0. The number of likely N-dealkylation sites (N-methyl/N-ethyl adjacent to an activating group) is 1. The smallest absolute Gasteiger partial charge is 0.221 e. The van der Waals surface area contributed by atoms with Crippen LogP contribution in [0.25, 0.3) is 0 Å². The number of hydrogen-bond donors (Lipinski definition) is 0. The average molecular weight is 245 g/mol. The van der Waals surface area contributed by atoms with E-state index in [1.165, 1.54) is 21.2 Å². The van der Waals surface area contributed by atoms with E-state index in [2.05, 4.69) is 0 Å². The number of hydrogen-bond acceptors (Lipinski definition) is 2. The summed E-state index contributed by atoms with van der Waals surface area (Å²) in [4.78, 5) is 0. The van der Waals surface area contributed by atoms with Gasteiger partial charge in [0.05, 0.1) is 39.9 Å². The van der Waals surface area contributed by atoms with Crippen LogP contribution in [0.4, 0.5) is 4.39 Å². The number of nitrogens with zero attached hydrogens (tertiary/aromatic N) is 1. The molecule has 0 aromatic heterocycles. The quantitative estimate of drug-likeness (QED) is 0.541.